The summed E-state index contributed by atoms with van der Waals surface area (Å²) in [7, 11) is 0. The average Bonchev–Trinajstić information content (AvgIpc) is 2.16. The highest BCUT2D eigenvalue weighted by Gasteiger charge is 2.24. The summed E-state index contributed by atoms with van der Waals surface area (Å²) in [5.41, 5.74) is 0. The minimum Gasteiger partial charge on any atom is -0.461 e. The van der Waals surface area contributed by atoms with E-state index >= 15 is 0 Å². The van der Waals surface area contributed by atoms with Gasteiger partial charge in [0.15, 0.2) is 6.04 Å². The summed E-state index contributed by atoms with van der Waals surface area (Å²) in [5, 5.41) is 2.65. The van der Waals surface area contributed by atoms with Crippen molar-refractivity contribution in [3.05, 3.63) is 4.91 Å². The number of carbonyl (C=O) groups is 1. The Kier molecular flexibility index (Phi) is 4.04. The zero-order valence-corrected chi connectivity index (χ0v) is 8.73. The largest absolute Gasteiger partial charge is 0.461 e. The van der Waals surface area contributed by atoms with E-state index in [1.165, 1.54) is 13.3 Å². The zero-order chi connectivity index (χ0) is 10.6. The van der Waals surface area contributed by atoms with E-state index in [-0.39, 0.29) is 6.10 Å². The fourth-order valence-electron chi connectivity index (χ4n) is 1.79. The number of nitroso groups, excluding NO2 is 1. The maximum atomic E-state index is 11.2. The molecule has 0 bridgehead atoms. The Morgan fingerprint density at radius 2 is 2.21 bits per heavy atom. The number of esters is 1. The van der Waals surface area contributed by atoms with Crippen molar-refractivity contribution in [2.24, 2.45) is 11.1 Å². The first-order valence-electron chi connectivity index (χ1n) is 5.16. The van der Waals surface area contributed by atoms with Crippen LogP contribution in [0.5, 0.6) is 0 Å². The van der Waals surface area contributed by atoms with Gasteiger partial charge >= 0.3 is 5.97 Å². The summed E-state index contributed by atoms with van der Waals surface area (Å²) in [6.07, 6.45) is 4.13. The van der Waals surface area contributed by atoms with Crippen LogP contribution in [-0.4, -0.2) is 18.1 Å². The molecule has 1 rings (SSSR count). The molecule has 0 saturated heterocycles. The molecule has 4 nitrogen and oxygen atoms in total. The first-order valence-corrected chi connectivity index (χ1v) is 5.16. The van der Waals surface area contributed by atoms with Gasteiger partial charge in [-0.2, -0.15) is 0 Å². The molecule has 0 aromatic rings. The van der Waals surface area contributed by atoms with E-state index in [4.69, 9.17) is 4.74 Å². The molecule has 0 aromatic carbocycles. The van der Waals surface area contributed by atoms with Crippen LogP contribution >= 0.6 is 0 Å². The van der Waals surface area contributed by atoms with Gasteiger partial charge in [0.2, 0.25) is 0 Å². The number of rotatable bonds is 3. The second-order valence-electron chi connectivity index (χ2n) is 4.11. The van der Waals surface area contributed by atoms with Crippen molar-refractivity contribution in [2.45, 2.75) is 51.7 Å². The van der Waals surface area contributed by atoms with Crippen molar-refractivity contribution in [3.8, 4) is 0 Å². The van der Waals surface area contributed by atoms with Crippen LogP contribution in [0.15, 0.2) is 5.18 Å². The molecule has 0 aromatic heterocycles. The number of nitrogens with zero attached hydrogens (tertiary/aromatic N) is 1. The van der Waals surface area contributed by atoms with Crippen molar-refractivity contribution >= 4 is 5.97 Å². The molecule has 14 heavy (non-hydrogen) atoms. The standard InChI is InChI=1S/C10H17NO3/c1-7-4-3-5-9(6-7)14-10(12)8(2)11-13/h7-9H,3-6H2,1-2H3/t7-,8-,9+/m1/s1. The maximum Gasteiger partial charge on any atom is 0.334 e. The molecular formula is C10H17NO3. The molecule has 1 aliphatic carbocycles. The Bertz CT molecular complexity index is 217. The van der Waals surface area contributed by atoms with Crippen molar-refractivity contribution in [2.75, 3.05) is 0 Å². The second-order valence-corrected chi connectivity index (χ2v) is 4.11. The minimum absolute atomic E-state index is 0.00421. The van der Waals surface area contributed by atoms with Gasteiger partial charge in [-0.15, -0.1) is 4.91 Å². The number of carbonyl (C=O) groups excluding carboxylic acids is 1. The normalized spacial score (nSPS) is 29.3. The molecule has 1 aliphatic rings. The Balaban J connectivity index is 2.35. The third-order valence-corrected chi connectivity index (χ3v) is 2.67. The molecule has 0 spiro atoms. The van der Waals surface area contributed by atoms with Crippen LogP contribution < -0.4 is 0 Å². The lowest BCUT2D eigenvalue weighted by Crippen LogP contribution is -2.28. The van der Waals surface area contributed by atoms with E-state index in [1.54, 1.807) is 0 Å². The van der Waals surface area contributed by atoms with Gasteiger partial charge < -0.3 is 4.74 Å². The fourth-order valence-corrected chi connectivity index (χ4v) is 1.79. The van der Waals surface area contributed by atoms with Gasteiger partial charge in [0, 0.05) is 0 Å². The first-order chi connectivity index (χ1) is 6.63. The first kappa shape index (κ1) is 11.1. The highest BCUT2D eigenvalue weighted by atomic mass is 16.5. The lowest BCUT2D eigenvalue weighted by Gasteiger charge is -2.26. The van der Waals surface area contributed by atoms with Crippen LogP contribution in [0.1, 0.15) is 39.5 Å². The highest BCUT2D eigenvalue weighted by molar-refractivity contribution is 5.75. The molecule has 1 fully saturated rings. The van der Waals surface area contributed by atoms with Gasteiger partial charge in [0.05, 0.1) is 0 Å². The Morgan fingerprint density at radius 3 is 2.79 bits per heavy atom. The summed E-state index contributed by atoms with van der Waals surface area (Å²) in [6.45, 7) is 3.61. The summed E-state index contributed by atoms with van der Waals surface area (Å²) >= 11 is 0. The third kappa shape index (κ3) is 3.09. The average molecular weight is 199 g/mol. The van der Waals surface area contributed by atoms with Crippen molar-refractivity contribution < 1.29 is 9.53 Å². The zero-order valence-electron chi connectivity index (χ0n) is 8.73. The topological polar surface area (TPSA) is 55.7 Å². The molecule has 1 saturated carbocycles. The summed E-state index contributed by atoms with van der Waals surface area (Å²) in [6, 6.07) is -0.868. The van der Waals surface area contributed by atoms with Crippen LogP contribution in [-0.2, 0) is 9.53 Å². The summed E-state index contributed by atoms with van der Waals surface area (Å²) in [4.78, 5) is 21.3. The summed E-state index contributed by atoms with van der Waals surface area (Å²) < 4.78 is 5.18. The Hall–Kier alpha value is -0.930. The molecule has 0 radical (unpaired) electrons. The predicted molar refractivity (Wildman–Crippen MR) is 52.8 cm³/mol. The van der Waals surface area contributed by atoms with Crippen LogP contribution in [0.3, 0.4) is 0 Å². The second kappa shape index (κ2) is 5.08. The quantitative estimate of drug-likeness (QED) is 0.517. The van der Waals surface area contributed by atoms with Crippen molar-refractivity contribution in [3.63, 3.8) is 0 Å². The van der Waals surface area contributed by atoms with Gasteiger partial charge in [-0.05, 0) is 32.1 Å². The molecule has 0 heterocycles. The van der Waals surface area contributed by atoms with Crippen LogP contribution in [0.25, 0.3) is 0 Å². The smallest absolute Gasteiger partial charge is 0.334 e. The van der Waals surface area contributed by atoms with Gasteiger partial charge in [0.25, 0.3) is 0 Å². The molecule has 0 unspecified atom stereocenters. The van der Waals surface area contributed by atoms with Crippen molar-refractivity contribution in [1.82, 2.24) is 0 Å². The molecule has 4 heteroatoms. The lowest BCUT2D eigenvalue weighted by molar-refractivity contribution is -0.152. The van der Waals surface area contributed by atoms with E-state index in [1.807, 2.05) is 0 Å². The van der Waals surface area contributed by atoms with E-state index in [0.717, 1.165) is 19.3 Å². The molecule has 80 valence electrons. The fraction of sp³-hybridized carbons (Fsp3) is 0.900. The van der Waals surface area contributed by atoms with E-state index in [0.29, 0.717) is 5.92 Å². The van der Waals surface area contributed by atoms with E-state index < -0.39 is 12.0 Å². The van der Waals surface area contributed by atoms with Gasteiger partial charge in [-0.3, -0.25) is 0 Å². The molecule has 0 aliphatic heterocycles. The monoisotopic (exact) mass is 199 g/mol. The summed E-state index contributed by atoms with van der Waals surface area (Å²) in [5.74, 6) is 0.125. The molecule has 0 amide bonds. The van der Waals surface area contributed by atoms with Crippen LogP contribution in [0.4, 0.5) is 0 Å². The molecule has 0 N–H and O–H groups in total. The van der Waals surface area contributed by atoms with E-state index in [2.05, 4.69) is 12.1 Å². The Labute approximate surface area is 84.0 Å². The van der Waals surface area contributed by atoms with Gasteiger partial charge in [0.1, 0.15) is 6.10 Å². The Morgan fingerprint density at radius 1 is 1.50 bits per heavy atom. The van der Waals surface area contributed by atoms with Crippen molar-refractivity contribution in [1.29, 1.82) is 0 Å². The number of hydrogen-bond acceptors (Lipinski definition) is 4. The minimum atomic E-state index is -0.868. The predicted octanol–water partition coefficient (Wildman–Crippen LogP) is 2.26. The van der Waals surface area contributed by atoms with Crippen LogP contribution in [0.2, 0.25) is 0 Å². The van der Waals surface area contributed by atoms with Gasteiger partial charge in [-0.25, -0.2) is 4.79 Å². The highest BCUT2D eigenvalue weighted by Crippen LogP contribution is 2.25. The molecule has 3 atom stereocenters. The number of ether oxygens (including phenoxy) is 1. The molecular weight excluding hydrogens is 182 g/mol. The van der Waals surface area contributed by atoms with Crippen LogP contribution in [0, 0.1) is 10.8 Å². The number of hydrogen-bond donors (Lipinski definition) is 0. The van der Waals surface area contributed by atoms with Gasteiger partial charge in [-0.1, -0.05) is 18.5 Å². The lowest BCUT2D eigenvalue weighted by atomic mass is 9.89. The SMILES string of the molecule is C[C@@H]1CCC[C@H](OC(=O)[C@@H](C)N=O)C1. The third-order valence-electron chi connectivity index (χ3n) is 2.67. The maximum absolute atomic E-state index is 11.2. The van der Waals surface area contributed by atoms with E-state index in [9.17, 15) is 9.70 Å².